The van der Waals surface area contributed by atoms with Crippen LogP contribution < -0.4 is 0 Å². The Hall–Kier alpha value is -0.120. The normalized spacial score (nSPS) is 36.3. The second kappa shape index (κ2) is 2.86. The van der Waals surface area contributed by atoms with Gasteiger partial charge in [-0.25, -0.2) is 0 Å². The molecule has 0 bridgehead atoms. The van der Waals surface area contributed by atoms with Crippen molar-refractivity contribution < 1.29 is 9.84 Å². The van der Waals surface area contributed by atoms with Crippen LogP contribution in [0, 0.1) is 0 Å². The highest BCUT2D eigenvalue weighted by atomic mass is 16.5. The SMILES string of the molecule is CN1CCOC(C)(CO)C1. The van der Waals surface area contributed by atoms with Crippen molar-refractivity contribution in [2.24, 2.45) is 0 Å². The van der Waals surface area contributed by atoms with Gasteiger partial charge in [-0.05, 0) is 14.0 Å². The van der Waals surface area contributed by atoms with E-state index in [2.05, 4.69) is 4.90 Å². The van der Waals surface area contributed by atoms with Crippen LogP contribution in [0.4, 0.5) is 0 Å². The van der Waals surface area contributed by atoms with Crippen LogP contribution in [0.25, 0.3) is 0 Å². The zero-order valence-electron chi connectivity index (χ0n) is 6.63. The molecule has 1 N–H and O–H groups in total. The summed E-state index contributed by atoms with van der Waals surface area (Å²) < 4.78 is 5.39. The van der Waals surface area contributed by atoms with Gasteiger partial charge in [0.25, 0.3) is 0 Å². The van der Waals surface area contributed by atoms with Crippen LogP contribution in [0.1, 0.15) is 6.92 Å². The van der Waals surface area contributed by atoms with E-state index in [1.54, 1.807) is 0 Å². The minimum absolute atomic E-state index is 0.108. The maximum Gasteiger partial charge on any atom is 0.101 e. The molecule has 3 heteroatoms. The summed E-state index contributed by atoms with van der Waals surface area (Å²) in [7, 11) is 2.04. The van der Waals surface area contributed by atoms with E-state index in [-0.39, 0.29) is 12.2 Å². The van der Waals surface area contributed by atoms with Crippen molar-refractivity contribution in [2.75, 3.05) is 33.4 Å². The zero-order chi connectivity index (χ0) is 7.61. The summed E-state index contributed by atoms with van der Waals surface area (Å²) in [4.78, 5) is 2.17. The van der Waals surface area contributed by atoms with Crippen molar-refractivity contribution in [3.8, 4) is 0 Å². The number of aliphatic hydroxyl groups is 1. The quantitative estimate of drug-likeness (QED) is 0.550. The van der Waals surface area contributed by atoms with Gasteiger partial charge in [-0.3, -0.25) is 0 Å². The number of morpholine rings is 1. The Morgan fingerprint density at radius 3 is 2.80 bits per heavy atom. The van der Waals surface area contributed by atoms with Crippen molar-refractivity contribution >= 4 is 0 Å². The molecule has 0 aromatic heterocycles. The Balaban J connectivity index is 2.45. The molecular formula is C7H15NO2. The third-order valence-electron chi connectivity index (χ3n) is 1.86. The van der Waals surface area contributed by atoms with Crippen LogP contribution in [-0.4, -0.2) is 49.0 Å². The fourth-order valence-corrected chi connectivity index (χ4v) is 1.24. The third kappa shape index (κ3) is 1.68. The average Bonchev–Trinajstić information content (AvgIpc) is 1.88. The predicted octanol–water partition coefficient (Wildman–Crippen LogP) is -0.301. The van der Waals surface area contributed by atoms with Crippen molar-refractivity contribution in [3.63, 3.8) is 0 Å². The molecule has 1 aliphatic rings. The van der Waals surface area contributed by atoms with Gasteiger partial charge in [0.1, 0.15) is 5.60 Å². The minimum Gasteiger partial charge on any atom is -0.393 e. The standard InChI is InChI=1S/C7H15NO2/c1-7(6-9)5-8(2)3-4-10-7/h9H,3-6H2,1-2H3. The predicted molar refractivity (Wildman–Crippen MR) is 38.9 cm³/mol. The molecule has 0 spiro atoms. The van der Waals surface area contributed by atoms with Crippen molar-refractivity contribution in [1.29, 1.82) is 0 Å². The third-order valence-corrected chi connectivity index (χ3v) is 1.86. The van der Waals surface area contributed by atoms with E-state index >= 15 is 0 Å². The molecule has 0 radical (unpaired) electrons. The lowest BCUT2D eigenvalue weighted by Gasteiger charge is -2.37. The fraction of sp³-hybridized carbons (Fsp3) is 1.00. The fourth-order valence-electron chi connectivity index (χ4n) is 1.24. The van der Waals surface area contributed by atoms with Crippen molar-refractivity contribution in [1.82, 2.24) is 4.90 Å². The monoisotopic (exact) mass is 145 g/mol. The summed E-state index contributed by atoms with van der Waals surface area (Å²) in [5.74, 6) is 0. The van der Waals surface area contributed by atoms with E-state index in [0.29, 0.717) is 0 Å². The maximum absolute atomic E-state index is 8.92. The lowest BCUT2D eigenvalue weighted by Crippen LogP contribution is -2.50. The number of hydrogen-bond acceptors (Lipinski definition) is 3. The van der Waals surface area contributed by atoms with Crippen LogP contribution >= 0.6 is 0 Å². The summed E-state index contributed by atoms with van der Waals surface area (Å²) in [6.07, 6.45) is 0. The topological polar surface area (TPSA) is 32.7 Å². The Bertz CT molecular complexity index is 118. The lowest BCUT2D eigenvalue weighted by atomic mass is 10.1. The van der Waals surface area contributed by atoms with Gasteiger partial charge in [0.05, 0.1) is 13.2 Å². The number of aliphatic hydroxyl groups excluding tert-OH is 1. The summed E-state index contributed by atoms with van der Waals surface area (Å²) in [6.45, 7) is 4.56. The van der Waals surface area contributed by atoms with Gasteiger partial charge in [0.2, 0.25) is 0 Å². The summed E-state index contributed by atoms with van der Waals surface area (Å²) in [6, 6.07) is 0. The highest BCUT2D eigenvalue weighted by molar-refractivity contribution is 4.81. The number of rotatable bonds is 1. The first-order valence-electron chi connectivity index (χ1n) is 3.60. The Morgan fingerprint density at radius 1 is 1.70 bits per heavy atom. The first kappa shape index (κ1) is 7.98. The maximum atomic E-state index is 8.92. The molecule has 1 saturated heterocycles. The van der Waals surface area contributed by atoms with Crippen LogP contribution in [-0.2, 0) is 4.74 Å². The molecule has 60 valence electrons. The molecule has 1 fully saturated rings. The summed E-state index contributed by atoms with van der Waals surface area (Å²) >= 11 is 0. The molecule has 0 saturated carbocycles. The van der Waals surface area contributed by atoms with Gasteiger partial charge in [0, 0.05) is 13.1 Å². The van der Waals surface area contributed by atoms with Crippen LogP contribution in [0.3, 0.4) is 0 Å². The molecule has 0 amide bonds. The molecule has 1 rings (SSSR count). The molecule has 0 aliphatic carbocycles. The van der Waals surface area contributed by atoms with Crippen LogP contribution in [0.15, 0.2) is 0 Å². The Labute approximate surface area is 61.6 Å². The first-order chi connectivity index (χ1) is 4.66. The van der Waals surface area contributed by atoms with E-state index in [1.807, 2.05) is 14.0 Å². The highest BCUT2D eigenvalue weighted by Gasteiger charge is 2.29. The van der Waals surface area contributed by atoms with Gasteiger partial charge in [-0.1, -0.05) is 0 Å². The molecule has 1 atom stereocenters. The Kier molecular flexibility index (Phi) is 2.28. The van der Waals surface area contributed by atoms with Crippen molar-refractivity contribution in [2.45, 2.75) is 12.5 Å². The molecular weight excluding hydrogens is 130 g/mol. The number of nitrogens with zero attached hydrogens (tertiary/aromatic N) is 1. The molecule has 1 heterocycles. The molecule has 0 aromatic rings. The molecule has 1 unspecified atom stereocenters. The van der Waals surface area contributed by atoms with E-state index in [4.69, 9.17) is 9.84 Å². The van der Waals surface area contributed by atoms with E-state index in [1.165, 1.54) is 0 Å². The van der Waals surface area contributed by atoms with E-state index in [9.17, 15) is 0 Å². The molecule has 3 nitrogen and oxygen atoms in total. The molecule has 0 aromatic carbocycles. The molecule has 10 heavy (non-hydrogen) atoms. The summed E-state index contributed by atoms with van der Waals surface area (Å²) in [5, 5.41) is 8.92. The second-order valence-electron chi connectivity index (χ2n) is 3.19. The largest absolute Gasteiger partial charge is 0.393 e. The number of likely N-dealkylation sites (N-methyl/N-ethyl adjacent to an activating group) is 1. The zero-order valence-corrected chi connectivity index (χ0v) is 6.63. The van der Waals surface area contributed by atoms with Crippen LogP contribution in [0.5, 0.6) is 0 Å². The minimum atomic E-state index is -0.326. The molecule has 1 aliphatic heterocycles. The van der Waals surface area contributed by atoms with E-state index < -0.39 is 0 Å². The van der Waals surface area contributed by atoms with Gasteiger partial charge in [-0.15, -0.1) is 0 Å². The average molecular weight is 145 g/mol. The van der Waals surface area contributed by atoms with Crippen molar-refractivity contribution in [3.05, 3.63) is 0 Å². The smallest absolute Gasteiger partial charge is 0.101 e. The second-order valence-corrected chi connectivity index (χ2v) is 3.19. The van der Waals surface area contributed by atoms with E-state index in [0.717, 1.165) is 19.7 Å². The number of ether oxygens (including phenoxy) is 1. The van der Waals surface area contributed by atoms with Gasteiger partial charge < -0.3 is 14.7 Å². The first-order valence-corrected chi connectivity index (χ1v) is 3.60. The highest BCUT2D eigenvalue weighted by Crippen LogP contribution is 2.14. The Morgan fingerprint density at radius 2 is 2.40 bits per heavy atom. The lowest BCUT2D eigenvalue weighted by molar-refractivity contribution is -0.116. The van der Waals surface area contributed by atoms with Gasteiger partial charge in [-0.2, -0.15) is 0 Å². The van der Waals surface area contributed by atoms with Crippen LogP contribution in [0.2, 0.25) is 0 Å². The van der Waals surface area contributed by atoms with Gasteiger partial charge in [0.15, 0.2) is 0 Å². The summed E-state index contributed by atoms with van der Waals surface area (Å²) in [5.41, 5.74) is -0.326. The number of hydrogen-bond donors (Lipinski definition) is 1. The van der Waals surface area contributed by atoms with Gasteiger partial charge >= 0.3 is 0 Å².